The van der Waals surface area contributed by atoms with Gasteiger partial charge in [-0.25, -0.2) is 0 Å². The van der Waals surface area contributed by atoms with E-state index in [1.165, 1.54) is 44.3 Å². The fraction of sp³-hybridized carbons (Fsp3) is 0.800. The average molecular weight is 262 g/mol. The summed E-state index contributed by atoms with van der Waals surface area (Å²) in [4.78, 5) is 2.68. The van der Waals surface area contributed by atoms with Gasteiger partial charge in [0.1, 0.15) is 0 Å². The van der Waals surface area contributed by atoms with E-state index in [0.29, 0.717) is 12.1 Å². The molecule has 2 aliphatic rings. The molecule has 4 heteroatoms. The minimum absolute atomic E-state index is 0.415. The number of aryl methyl sites for hydroxylation is 1. The van der Waals surface area contributed by atoms with Gasteiger partial charge in [0.25, 0.3) is 0 Å². The highest BCUT2D eigenvalue weighted by Crippen LogP contribution is 2.28. The minimum Gasteiger partial charge on any atom is -0.307 e. The Bertz CT molecular complexity index is 414. The van der Waals surface area contributed by atoms with Gasteiger partial charge >= 0.3 is 0 Å². The van der Waals surface area contributed by atoms with Gasteiger partial charge in [0, 0.05) is 36.4 Å². The maximum atomic E-state index is 4.37. The molecule has 3 heterocycles. The molecule has 2 aliphatic heterocycles. The van der Waals surface area contributed by atoms with E-state index in [-0.39, 0.29) is 0 Å². The molecule has 1 N–H and O–H groups in total. The average Bonchev–Trinajstić information content (AvgIpc) is 3.06. The van der Waals surface area contributed by atoms with Crippen LogP contribution in [0.15, 0.2) is 12.4 Å². The highest BCUT2D eigenvalue weighted by Gasteiger charge is 2.32. The van der Waals surface area contributed by atoms with Gasteiger partial charge in [0.05, 0.1) is 6.20 Å². The van der Waals surface area contributed by atoms with E-state index in [1.807, 2.05) is 10.9 Å². The smallest absolute Gasteiger partial charge is 0.0537 e. The quantitative estimate of drug-likeness (QED) is 0.903. The maximum absolute atomic E-state index is 4.37. The van der Waals surface area contributed by atoms with Gasteiger partial charge in [-0.1, -0.05) is 0 Å². The molecule has 3 unspecified atom stereocenters. The summed E-state index contributed by atoms with van der Waals surface area (Å²) >= 11 is 0. The van der Waals surface area contributed by atoms with Crippen LogP contribution in [0.5, 0.6) is 0 Å². The molecule has 3 rings (SSSR count). The minimum atomic E-state index is 0.415. The number of hydrogen-bond acceptors (Lipinski definition) is 3. The SMILES string of the molecule is CCn1cc(C(C)NC2CCN3CCCC3C2)cn1. The summed E-state index contributed by atoms with van der Waals surface area (Å²) in [5.41, 5.74) is 1.32. The van der Waals surface area contributed by atoms with Crippen LogP contribution in [0.1, 0.15) is 51.1 Å². The van der Waals surface area contributed by atoms with Crippen molar-refractivity contribution in [3.05, 3.63) is 18.0 Å². The van der Waals surface area contributed by atoms with Crippen LogP contribution >= 0.6 is 0 Å². The van der Waals surface area contributed by atoms with Gasteiger partial charge in [-0.2, -0.15) is 5.10 Å². The van der Waals surface area contributed by atoms with Gasteiger partial charge < -0.3 is 10.2 Å². The molecule has 0 aromatic carbocycles. The molecule has 0 spiro atoms. The Labute approximate surface area is 116 Å². The van der Waals surface area contributed by atoms with Gasteiger partial charge in [-0.05, 0) is 52.6 Å². The summed E-state index contributed by atoms with van der Waals surface area (Å²) in [5.74, 6) is 0. The topological polar surface area (TPSA) is 33.1 Å². The van der Waals surface area contributed by atoms with Crippen LogP contribution in [0.2, 0.25) is 0 Å². The molecule has 1 aromatic rings. The van der Waals surface area contributed by atoms with Crippen LogP contribution in [-0.4, -0.2) is 39.9 Å². The number of rotatable bonds is 4. The van der Waals surface area contributed by atoms with Gasteiger partial charge in [-0.3, -0.25) is 4.68 Å². The molecule has 0 radical (unpaired) electrons. The van der Waals surface area contributed by atoms with Crippen LogP contribution in [0.3, 0.4) is 0 Å². The van der Waals surface area contributed by atoms with Crippen molar-refractivity contribution >= 4 is 0 Å². The Morgan fingerprint density at radius 3 is 3.11 bits per heavy atom. The summed E-state index contributed by atoms with van der Waals surface area (Å²) in [6, 6.07) is 1.94. The molecule has 2 fully saturated rings. The normalized spacial score (nSPS) is 29.4. The lowest BCUT2D eigenvalue weighted by Gasteiger charge is -2.36. The van der Waals surface area contributed by atoms with E-state index in [9.17, 15) is 0 Å². The van der Waals surface area contributed by atoms with Gasteiger partial charge in [-0.15, -0.1) is 0 Å². The maximum Gasteiger partial charge on any atom is 0.0537 e. The lowest BCUT2D eigenvalue weighted by atomic mass is 9.96. The Hall–Kier alpha value is -0.870. The first-order chi connectivity index (χ1) is 9.26. The predicted molar refractivity (Wildman–Crippen MR) is 77.1 cm³/mol. The summed E-state index contributed by atoms with van der Waals surface area (Å²) < 4.78 is 2.01. The zero-order valence-electron chi connectivity index (χ0n) is 12.2. The third-order valence-electron chi connectivity index (χ3n) is 4.78. The molecule has 0 amide bonds. The van der Waals surface area contributed by atoms with E-state index in [0.717, 1.165) is 12.6 Å². The van der Waals surface area contributed by atoms with Gasteiger partial charge in [0.2, 0.25) is 0 Å². The second-order valence-corrected chi connectivity index (χ2v) is 6.07. The number of piperidine rings is 1. The number of hydrogen-bond donors (Lipinski definition) is 1. The first-order valence-electron chi connectivity index (χ1n) is 7.78. The second-order valence-electron chi connectivity index (χ2n) is 6.07. The number of fused-ring (bicyclic) bond motifs is 1. The number of nitrogens with one attached hydrogen (secondary N) is 1. The lowest BCUT2D eigenvalue weighted by Crippen LogP contribution is -2.46. The summed E-state index contributed by atoms with van der Waals surface area (Å²) in [7, 11) is 0. The molecule has 0 aliphatic carbocycles. The highest BCUT2D eigenvalue weighted by atomic mass is 15.3. The summed E-state index contributed by atoms with van der Waals surface area (Å²) in [6.07, 6.45) is 9.60. The largest absolute Gasteiger partial charge is 0.307 e. The highest BCUT2D eigenvalue weighted by molar-refractivity contribution is 5.09. The third kappa shape index (κ3) is 2.84. The summed E-state index contributed by atoms with van der Waals surface area (Å²) in [5, 5.41) is 8.18. The monoisotopic (exact) mass is 262 g/mol. The summed E-state index contributed by atoms with van der Waals surface area (Å²) in [6.45, 7) is 7.95. The van der Waals surface area contributed by atoms with Crippen LogP contribution in [0.4, 0.5) is 0 Å². The van der Waals surface area contributed by atoms with Crippen molar-refractivity contribution in [1.29, 1.82) is 0 Å². The van der Waals surface area contributed by atoms with Crippen LogP contribution < -0.4 is 5.32 Å². The lowest BCUT2D eigenvalue weighted by molar-refractivity contribution is 0.162. The van der Waals surface area contributed by atoms with E-state index >= 15 is 0 Å². The molecule has 0 bridgehead atoms. The Balaban J connectivity index is 1.55. The molecule has 0 saturated carbocycles. The van der Waals surface area contributed by atoms with Crippen molar-refractivity contribution in [2.75, 3.05) is 13.1 Å². The fourth-order valence-corrected chi connectivity index (χ4v) is 3.60. The van der Waals surface area contributed by atoms with Crippen LogP contribution in [0.25, 0.3) is 0 Å². The van der Waals surface area contributed by atoms with Gasteiger partial charge in [0.15, 0.2) is 0 Å². The van der Waals surface area contributed by atoms with Crippen molar-refractivity contribution in [3.63, 3.8) is 0 Å². The Kier molecular flexibility index (Phi) is 3.89. The first kappa shape index (κ1) is 13.1. The molecular weight excluding hydrogens is 236 g/mol. The van der Waals surface area contributed by atoms with E-state index in [4.69, 9.17) is 0 Å². The van der Waals surface area contributed by atoms with Crippen molar-refractivity contribution in [2.45, 2.75) is 64.2 Å². The van der Waals surface area contributed by atoms with Crippen molar-refractivity contribution < 1.29 is 0 Å². The standard InChI is InChI=1S/C15H26N4/c1-3-19-11-13(10-16-19)12(2)17-14-6-8-18-7-4-5-15(18)9-14/h10-12,14-15,17H,3-9H2,1-2H3. The van der Waals surface area contributed by atoms with Crippen molar-refractivity contribution in [3.8, 4) is 0 Å². The zero-order chi connectivity index (χ0) is 13.2. The van der Waals surface area contributed by atoms with E-state index in [1.54, 1.807) is 0 Å². The molecular formula is C15H26N4. The molecule has 2 saturated heterocycles. The Morgan fingerprint density at radius 1 is 1.42 bits per heavy atom. The Morgan fingerprint density at radius 2 is 2.32 bits per heavy atom. The zero-order valence-corrected chi connectivity index (χ0v) is 12.2. The first-order valence-corrected chi connectivity index (χ1v) is 7.78. The molecule has 3 atom stereocenters. The third-order valence-corrected chi connectivity index (χ3v) is 4.78. The second kappa shape index (κ2) is 5.63. The van der Waals surface area contributed by atoms with Crippen LogP contribution in [-0.2, 0) is 6.54 Å². The van der Waals surface area contributed by atoms with E-state index in [2.05, 4.69) is 35.4 Å². The van der Waals surface area contributed by atoms with E-state index < -0.39 is 0 Å². The van der Waals surface area contributed by atoms with Crippen LogP contribution in [0, 0.1) is 0 Å². The fourth-order valence-electron chi connectivity index (χ4n) is 3.60. The molecule has 1 aromatic heterocycles. The molecule has 19 heavy (non-hydrogen) atoms. The van der Waals surface area contributed by atoms with Crippen molar-refractivity contribution in [1.82, 2.24) is 20.0 Å². The predicted octanol–water partition coefficient (Wildman–Crippen LogP) is 2.18. The number of nitrogens with zero attached hydrogens (tertiary/aromatic N) is 3. The number of aromatic nitrogens is 2. The van der Waals surface area contributed by atoms with Crippen molar-refractivity contribution in [2.24, 2.45) is 0 Å². The molecule has 106 valence electrons. The molecule has 4 nitrogen and oxygen atoms in total.